The van der Waals surface area contributed by atoms with Crippen LogP contribution in [-0.4, -0.2) is 40.3 Å². The van der Waals surface area contributed by atoms with Gasteiger partial charge in [0.05, 0.1) is 12.7 Å². The van der Waals surface area contributed by atoms with Crippen molar-refractivity contribution in [1.29, 1.82) is 0 Å². The van der Waals surface area contributed by atoms with Crippen molar-refractivity contribution in [2.45, 2.75) is 12.0 Å². The number of fused-ring (bicyclic) bond motifs is 1. The lowest BCUT2D eigenvalue weighted by atomic mass is 9.81. The third-order valence-electron chi connectivity index (χ3n) is 4.25. The number of hydrogen-bond acceptors (Lipinski definition) is 5. The zero-order valence-corrected chi connectivity index (χ0v) is 13.2. The highest BCUT2D eigenvalue weighted by Crippen LogP contribution is 2.41. The average Bonchev–Trinajstić information content (AvgIpc) is 2.63. The van der Waals surface area contributed by atoms with Crippen molar-refractivity contribution < 1.29 is 29.4 Å². The number of ether oxygens (including phenoxy) is 1. The summed E-state index contributed by atoms with van der Waals surface area (Å²) in [7, 11) is 1.25. The van der Waals surface area contributed by atoms with E-state index in [0.717, 1.165) is 0 Å². The molecular formula is C18H15NO6. The first-order valence-corrected chi connectivity index (χ1v) is 7.48. The number of carbonyl (C=O) groups is 3. The molecule has 25 heavy (non-hydrogen) atoms. The minimum Gasteiger partial charge on any atom is -0.481 e. The Morgan fingerprint density at radius 3 is 2.32 bits per heavy atom. The van der Waals surface area contributed by atoms with Gasteiger partial charge in [0.1, 0.15) is 12.0 Å². The molecule has 128 valence electrons. The van der Waals surface area contributed by atoms with Gasteiger partial charge in [-0.3, -0.25) is 14.8 Å². The van der Waals surface area contributed by atoms with E-state index in [0.29, 0.717) is 16.2 Å². The zero-order chi connectivity index (χ0) is 18.1. The number of methoxy groups -OCH3 is 1. The van der Waals surface area contributed by atoms with E-state index in [1.807, 2.05) is 0 Å². The smallest absolute Gasteiger partial charge is 0.337 e. The molecule has 1 aliphatic heterocycles. The minimum absolute atomic E-state index is 0.153. The van der Waals surface area contributed by atoms with Crippen LogP contribution in [-0.2, 0) is 9.53 Å². The lowest BCUT2D eigenvalue weighted by molar-refractivity contribution is -0.148. The van der Waals surface area contributed by atoms with E-state index in [-0.39, 0.29) is 11.1 Å². The van der Waals surface area contributed by atoms with Gasteiger partial charge in [0.2, 0.25) is 0 Å². The van der Waals surface area contributed by atoms with Crippen LogP contribution in [0, 0.1) is 0 Å². The number of nitrogens with zero attached hydrogens (tertiary/aromatic N) is 1. The van der Waals surface area contributed by atoms with Gasteiger partial charge >= 0.3 is 11.9 Å². The Hall–Kier alpha value is -3.19. The summed E-state index contributed by atoms with van der Waals surface area (Å²) in [6.45, 7) is 0. The molecule has 1 aliphatic rings. The summed E-state index contributed by atoms with van der Waals surface area (Å²) in [6, 6.07) is 11.1. The molecule has 2 aromatic carbocycles. The van der Waals surface area contributed by atoms with Crippen LogP contribution in [0.5, 0.6) is 0 Å². The monoisotopic (exact) mass is 341 g/mol. The number of hydrogen-bond donors (Lipinski definition) is 2. The van der Waals surface area contributed by atoms with Gasteiger partial charge in [-0.2, -0.15) is 0 Å². The van der Waals surface area contributed by atoms with E-state index in [4.69, 9.17) is 0 Å². The molecule has 0 saturated carbocycles. The summed E-state index contributed by atoms with van der Waals surface area (Å²) in [5.41, 5.74) is 1.17. The molecule has 7 nitrogen and oxygen atoms in total. The maximum atomic E-state index is 12.4. The number of esters is 1. The Kier molecular flexibility index (Phi) is 4.24. The van der Waals surface area contributed by atoms with Crippen LogP contribution in [0.1, 0.15) is 43.8 Å². The van der Waals surface area contributed by atoms with E-state index < -0.39 is 29.8 Å². The first kappa shape index (κ1) is 16.7. The van der Waals surface area contributed by atoms with Gasteiger partial charge in [-0.1, -0.05) is 30.3 Å². The quantitative estimate of drug-likeness (QED) is 0.655. The number of carboxylic acids is 1. The van der Waals surface area contributed by atoms with Crippen LogP contribution in [0.2, 0.25) is 0 Å². The lowest BCUT2D eigenvalue weighted by Gasteiger charge is -2.36. The van der Waals surface area contributed by atoms with Gasteiger partial charge in [0, 0.05) is 5.56 Å². The molecule has 0 unspecified atom stereocenters. The van der Waals surface area contributed by atoms with Crippen molar-refractivity contribution in [3.63, 3.8) is 0 Å². The molecule has 0 radical (unpaired) electrons. The van der Waals surface area contributed by atoms with Crippen LogP contribution in [0.25, 0.3) is 0 Å². The van der Waals surface area contributed by atoms with Crippen molar-refractivity contribution in [2.75, 3.05) is 7.11 Å². The summed E-state index contributed by atoms with van der Waals surface area (Å²) in [5.74, 6) is -3.51. The summed E-state index contributed by atoms with van der Waals surface area (Å²) in [5, 5.41) is 20.4. The van der Waals surface area contributed by atoms with Gasteiger partial charge in [-0.15, -0.1) is 0 Å². The number of hydroxylamine groups is 2. The lowest BCUT2D eigenvalue weighted by Crippen LogP contribution is -2.43. The van der Waals surface area contributed by atoms with Crippen molar-refractivity contribution >= 4 is 17.8 Å². The Labute approximate surface area is 143 Å². The zero-order valence-electron chi connectivity index (χ0n) is 13.2. The first-order valence-electron chi connectivity index (χ1n) is 7.48. The molecule has 0 spiro atoms. The molecule has 3 rings (SSSR count). The maximum Gasteiger partial charge on any atom is 0.337 e. The predicted octanol–water partition coefficient (Wildman–Crippen LogP) is 2.23. The summed E-state index contributed by atoms with van der Waals surface area (Å²) >= 11 is 0. The highest BCUT2D eigenvalue weighted by atomic mass is 16.5. The van der Waals surface area contributed by atoms with Gasteiger partial charge in [-0.05, 0) is 29.3 Å². The molecule has 2 atom stereocenters. The Morgan fingerprint density at radius 2 is 1.72 bits per heavy atom. The Morgan fingerprint density at radius 1 is 1.08 bits per heavy atom. The van der Waals surface area contributed by atoms with Crippen molar-refractivity contribution in [3.8, 4) is 0 Å². The van der Waals surface area contributed by atoms with Crippen LogP contribution < -0.4 is 0 Å². The molecule has 1 heterocycles. The molecule has 1 amide bonds. The van der Waals surface area contributed by atoms with Crippen LogP contribution >= 0.6 is 0 Å². The van der Waals surface area contributed by atoms with Crippen LogP contribution in [0.15, 0.2) is 48.5 Å². The fourth-order valence-corrected chi connectivity index (χ4v) is 3.06. The highest BCUT2D eigenvalue weighted by molar-refractivity contribution is 5.99. The summed E-state index contributed by atoms with van der Waals surface area (Å²) in [4.78, 5) is 35.8. The molecule has 0 saturated heterocycles. The summed E-state index contributed by atoms with van der Waals surface area (Å²) < 4.78 is 4.62. The third-order valence-corrected chi connectivity index (χ3v) is 4.25. The minimum atomic E-state index is -1.17. The van der Waals surface area contributed by atoms with Gasteiger partial charge in [0.25, 0.3) is 5.91 Å². The number of amides is 1. The third kappa shape index (κ3) is 2.74. The Balaban J connectivity index is 2.09. The van der Waals surface area contributed by atoms with E-state index >= 15 is 0 Å². The SMILES string of the molecule is COC(=O)c1ccc([C@@H]2[C@@H](C(=O)O)c3ccccc3C(=O)N2O)cc1. The van der Waals surface area contributed by atoms with Gasteiger partial charge < -0.3 is 9.84 Å². The van der Waals surface area contributed by atoms with E-state index in [1.165, 1.54) is 37.4 Å². The van der Waals surface area contributed by atoms with Gasteiger partial charge in [0.15, 0.2) is 0 Å². The van der Waals surface area contributed by atoms with E-state index in [9.17, 15) is 24.7 Å². The molecule has 7 heteroatoms. The molecule has 0 bridgehead atoms. The van der Waals surface area contributed by atoms with E-state index in [1.54, 1.807) is 18.2 Å². The van der Waals surface area contributed by atoms with Crippen LogP contribution in [0.3, 0.4) is 0 Å². The van der Waals surface area contributed by atoms with Crippen molar-refractivity contribution in [1.82, 2.24) is 5.06 Å². The number of benzene rings is 2. The first-order chi connectivity index (χ1) is 12.0. The second kappa shape index (κ2) is 6.37. The van der Waals surface area contributed by atoms with Gasteiger partial charge in [-0.25, -0.2) is 9.86 Å². The summed E-state index contributed by atoms with van der Waals surface area (Å²) in [6.07, 6.45) is 0. The molecule has 0 aliphatic carbocycles. The van der Waals surface area contributed by atoms with Crippen LogP contribution in [0.4, 0.5) is 0 Å². The topological polar surface area (TPSA) is 104 Å². The van der Waals surface area contributed by atoms with Crippen molar-refractivity contribution in [3.05, 3.63) is 70.8 Å². The maximum absolute atomic E-state index is 12.4. The molecule has 0 aromatic heterocycles. The fourth-order valence-electron chi connectivity index (χ4n) is 3.06. The number of aliphatic carboxylic acids is 1. The second-order valence-corrected chi connectivity index (χ2v) is 5.61. The number of rotatable bonds is 3. The largest absolute Gasteiger partial charge is 0.481 e. The number of carboxylic acid groups (broad SMARTS) is 1. The normalized spacial score (nSPS) is 19.3. The Bertz CT molecular complexity index is 845. The highest BCUT2D eigenvalue weighted by Gasteiger charge is 2.44. The fraction of sp³-hybridized carbons (Fsp3) is 0.167. The average molecular weight is 341 g/mol. The number of carbonyl (C=O) groups excluding carboxylic acids is 2. The molecule has 2 N–H and O–H groups in total. The molecule has 0 fully saturated rings. The predicted molar refractivity (Wildman–Crippen MR) is 85.3 cm³/mol. The van der Waals surface area contributed by atoms with Crippen molar-refractivity contribution in [2.24, 2.45) is 0 Å². The molecular weight excluding hydrogens is 326 g/mol. The standard InChI is InChI=1S/C18H15NO6/c1-25-18(23)11-8-6-10(7-9-11)15-14(17(21)22)12-4-2-3-5-13(12)16(20)19(15)24/h2-9,14-15,24H,1H3,(H,21,22)/t14-,15+/m0/s1. The second-order valence-electron chi connectivity index (χ2n) is 5.61. The molecule has 2 aromatic rings. The van der Waals surface area contributed by atoms with E-state index in [2.05, 4.69) is 4.74 Å².